The van der Waals surface area contributed by atoms with E-state index < -0.39 is 4.92 Å². The van der Waals surface area contributed by atoms with Crippen molar-refractivity contribution in [3.63, 3.8) is 0 Å². The molecule has 0 unspecified atom stereocenters. The summed E-state index contributed by atoms with van der Waals surface area (Å²) < 4.78 is 0. The van der Waals surface area contributed by atoms with Gasteiger partial charge in [0.1, 0.15) is 0 Å². The number of nitrogens with one attached hydrogen (secondary N) is 2. The molecule has 2 amide bonds. The van der Waals surface area contributed by atoms with Gasteiger partial charge in [-0.1, -0.05) is 37.1 Å². The van der Waals surface area contributed by atoms with E-state index in [1.165, 1.54) is 18.2 Å². The molecule has 1 saturated carbocycles. The molecule has 1 aliphatic rings. The standard InChI is InChI=1S/C22H23N3O4/c26-21(13-12-17-7-3-4-11-20(17)25(28)29)23-15-16-6-5-10-19(14-16)24-22(27)18-8-1-2-9-18/h3-7,10-14,18H,1-2,8-9,15H2,(H,23,26)(H,24,27)/b13-12+. The van der Waals surface area contributed by atoms with E-state index in [1.54, 1.807) is 18.2 Å². The van der Waals surface area contributed by atoms with E-state index in [0.29, 0.717) is 11.3 Å². The van der Waals surface area contributed by atoms with Crippen molar-refractivity contribution in [2.75, 3.05) is 5.32 Å². The highest BCUT2D eigenvalue weighted by atomic mass is 16.6. The van der Waals surface area contributed by atoms with Crippen LogP contribution in [0, 0.1) is 16.0 Å². The van der Waals surface area contributed by atoms with Gasteiger partial charge in [-0.2, -0.15) is 0 Å². The average Bonchev–Trinajstić information content (AvgIpc) is 3.26. The lowest BCUT2D eigenvalue weighted by Gasteiger charge is -2.11. The summed E-state index contributed by atoms with van der Waals surface area (Å²) in [6, 6.07) is 13.6. The fraction of sp³-hybridized carbons (Fsp3) is 0.273. The second-order valence-electron chi connectivity index (χ2n) is 7.04. The van der Waals surface area contributed by atoms with Crippen LogP contribution < -0.4 is 10.6 Å². The largest absolute Gasteiger partial charge is 0.348 e. The topological polar surface area (TPSA) is 101 Å². The normalized spacial score (nSPS) is 14.1. The molecule has 0 atom stereocenters. The van der Waals surface area contributed by atoms with Gasteiger partial charge in [-0.05, 0) is 42.7 Å². The zero-order valence-electron chi connectivity index (χ0n) is 16.0. The van der Waals surface area contributed by atoms with Crippen molar-refractivity contribution in [2.45, 2.75) is 32.2 Å². The van der Waals surface area contributed by atoms with Crippen molar-refractivity contribution in [2.24, 2.45) is 5.92 Å². The fourth-order valence-electron chi connectivity index (χ4n) is 3.40. The van der Waals surface area contributed by atoms with Crippen molar-refractivity contribution < 1.29 is 14.5 Å². The molecule has 7 nitrogen and oxygen atoms in total. The predicted octanol–water partition coefficient (Wildman–Crippen LogP) is 4.05. The Morgan fingerprint density at radius 3 is 2.62 bits per heavy atom. The molecule has 0 aliphatic heterocycles. The van der Waals surface area contributed by atoms with Crippen LogP contribution in [-0.4, -0.2) is 16.7 Å². The summed E-state index contributed by atoms with van der Waals surface area (Å²) in [5.74, 6) is -0.217. The van der Waals surface area contributed by atoms with Crippen LogP contribution >= 0.6 is 0 Å². The quantitative estimate of drug-likeness (QED) is 0.421. The molecule has 7 heteroatoms. The lowest BCUT2D eigenvalue weighted by atomic mass is 10.1. The zero-order chi connectivity index (χ0) is 20.6. The molecule has 0 bridgehead atoms. The highest BCUT2D eigenvalue weighted by Crippen LogP contribution is 2.26. The first-order valence-electron chi connectivity index (χ1n) is 9.62. The van der Waals surface area contributed by atoms with Crippen LogP contribution in [0.5, 0.6) is 0 Å². The number of hydrogen-bond donors (Lipinski definition) is 2. The van der Waals surface area contributed by atoms with E-state index in [0.717, 1.165) is 31.2 Å². The van der Waals surface area contributed by atoms with Gasteiger partial charge in [-0.25, -0.2) is 0 Å². The van der Waals surface area contributed by atoms with Crippen molar-refractivity contribution in [1.82, 2.24) is 5.32 Å². The molecule has 3 rings (SSSR count). The number of carbonyl (C=O) groups excluding carboxylic acids is 2. The molecule has 1 fully saturated rings. The molecule has 150 valence electrons. The minimum Gasteiger partial charge on any atom is -0.348 e. The molecule has 1 aliphatic carbocycles. The van der Waals surface area contributed by atoms with Gasteiger partial charge in [-0.15, -0.1) is 0 Å². The number of nitro groups is 1. The summed E-state index contributed by atoms with van der Waals surface area (Å²) in [7, 11) is 0. The van der Waals surface area contributed by atoms with Crippen molar-refractivity contribution in [1.29, 1.82) is 0 Å². The first kappa shape index (κ1) is 20.3. The molecular formula is C22H23N3O4. The fourth-order valence-corrected chi connectivity index (χ4v) is 3.40. The van der Waals surface area contributed by atoms with Crippen molar-refractivity contribution in [3.05, 3.63) is 75.8 Å². The summed E-state index contributed by atoms with van der Waals surface area (Å²) in [5.41, 5.74) is 1.87. The first-order valence-corrected chi connectivity index (χ1v) is 9.62. The van der Waals surface area contributed by atoms with Crippen LogP contribution in [-0.2, 0) is 16.1 Å². The Bertz CT molecular complexity index is 933. The Kier molecular flexibility index (Phi) is 6.73. The zero-order valence-corrected chi connectivity index (χ0v) is 16.0. The maximum atomic E-state index is 12.2. The first-order chi connectivity index (χ1) is 14.0. The lowest BCUT2D eigenvalue weighted by Crippen LogP contribution is -2.21. The molecule has 2 aromatic rings. The molecule has 0 saturated heterocycles. The number of amides is 2. The molecule has 0 spiro atoms. The van der Waals surface area contributed by atoms with Crippen LogP contribution in [0.2, 0.25) is 0 Å². The summed E-state index contributed by atoms with van der Waals surface area (Å²) in [6.45, 7) is 0.285. The SMILES string of the molecule is O=C(/C=C/c1ccccc1[N+](=O)[O-])NCc1cccc(NC(=O)C2CCCC2)c1. The number of carbonyl (C=O) groups is 2. The Morgan fingerprint density at radius 1 is 1.10 bits per heavy atom. The minimum atomic E-state index is -0.483. The number of benzene rings is 2. The van der Waals surface area contributed by atoms with E-state index in [4.69, 9.17) is 0 Å². The summed E-state index contributed by atoms with van der Waals surface area (Å²) in [4.78, 5) is 34.8. The van der Waals surface area contributed by atoms with Crippen LogP contribution in [0.25, 0.3) is 6.08 Å². The second kappa shape index (κ2) is 9.64. The van der Waals surface area contributed by atoms with Gasteiger partial charge in [0.25, 0.3) is 5.69 Å². The van der Waals surface area contributed by atoms with Gasteiger partial charge in [0.05, 0.1) is 10.5 Å². The number of nitrogens with zero attached hydrogens (tertiary/aromatic N) is 1. The highest BCUT2D eigenvalue weighted by molar-refractivity contribution is 5.93. The van der Waals surface area contributed by atoms with Gasteiger partial charge >= 0.3 is 0 Å². The van der Waals surface area contributed by atoms with Crippen LogP contribution in [0.3, 0.4) is 0 Å². The monoisotopic (exact) mass is 393 g/mol. The lowest BCUT2D eigenvalue weighted by molar-refractivity contribution is -0.385. The third-order valence-electron chi connectivity index (χ3n) is 4.93. The molecule has 29 heavy (non-hydrogen) atoms. The van der Waals surface area contributed by atoms with Gasteiger partial charge in [-0.3, -0.25) is 19.7 Å². The highest BCUT2D eigenvalue weighted by Gasteiger charge is 2.22. The van der Waals surface area contributed by atoms with Gasteiger partial charge < -0.3 is 10.6 Å². The Morgan fingerprint density at radius 2 is 1.86 bits per heavy atom. The summed E-state index contributed by atoms with van der Waals surface area (Å²) >= 11 is 0. The molecule has 0 aromatic heterocycles. The Hall–Kier alpha value is -3.48. The predicted molar refractivity (Wildman–Crippen MR) is 111 cm³/mol. The van der Waals surface area contributed by atoms with Crippen LogP contribution in [0.4, 0.5) is 11.4 Å². The van der Waals surface area contributed by atoms with E-state index in [2.05, 4.69) is 10.6 Å². The van der Waals surface area contributed by atoms with E-state index in [-0.39, 0.29) is 30.0 Å². The van der Waals surface area contributed by atoms with Gasteiger partial charge in [0, 0.05) is 30.3 Å². The Balaban J connectivity index is 1.55. The molecule has 0 heterocycles. The van der Waals surface area contributed by atoms with Gasteiger partial charge in [0.2, 0.25) is 11.8 Å². The van der Waals surface area contributed by atoms with Crippen molar-refractivity contribution >= 4 is 29.3 Å². The molecular weight excluding hydrogens is 370 g/mol. The third-order valence-corrected chi connectivity index (χ3v) is 4.93. The number of nitro benzene ring substituents is 1. The van der Waals surface area contributed by atoms with Crippen molar-refractivity contribution in [3.8, 4) is 0 Å². The smallest absolute Gasteiger partial charge is 0.276 e. The number of anilines is 1. The minimum absolute atomic E-state index is 0.0519. The molecule has 2 N–H and O–H groups in total. The molecule has 2 aromatic carbocycles. The van der Waals surface area contributed by atoms with Gasteiger partial charge in [0.15, 0.2) is 0 Å². The number of para-hydroxylation sites is 1. The average molecular weight is 393 g/mol. The maximum absolute atomic E-state index is 12.2. The maximum Gasteiger partial charge on any atom is 0.276 e. The van der Waals surface area contributed by atoms with Crippen LogP contribution in [0.1, 0.15) is 36.8 Å². The second-order valence-corrected chi connectivity index (χ2v) is 7.04. The van der Waals surface area contributed by atoms with E-state index in [9.17, 15) is 19.7 Å². The number of rotatable bonds is 7. The van der Waals surface area contributed by atoms with Crippen LogP contribution in [0.15, 0.2) is 54.6 Å². The Labute approximate surface area is 169 Å². The third kappa shape index (κ3) is 5.75. The van der Waals surface area contributed by atoms with E-state index >= 15 is 0 Å². The summed E-state index contributed by atoms with van der Waals surface area (Å²) in [6.07, 6.45) is 6.77. The summed E-state index contributed by atoms with van der Waals surface area (Å²) in [5, 5.41) is 16.7. The molecule has 0 radical (unpaired) electrons. The van der Waals surface area contributed by atoms with E-state index in [1.807, 2.05) is 24.3 Å². The number of hydrogen-bond acceptors (Lipinski definition) is 4.